The molecule has 4 rings (SSSR count). The van der Waals surface area contributed by atoms with E-state index in [1.807, 2.05) is 53.4 Å². The Morgan fingerprint density at radius 3 is 2.74 bits per heavy atom. The van der Waals surface area contributed by atoms with Crippen LogP contribution in [0.5, 0.6) is 0 Å². The first-order valence-corrected chi connectivity index (χ1v) is 8.07. The van der Waals surface area contributed by atoms with Crippen molar-refractivity contribution in [3.05, 3.63) is 64.9 Å². The second-order valence-electron chi connectivity index (χ2n) is 5.84. The number of aromatic nitrogens is 2. The largest absolute Gasteiger partial charge is 0.340 e. The number of amides is 1. The van der Waals surface area contributed by atoms with E-state index in [1.165, 1.54) is 0 Å². The van der Waals surface area contributed by atoms with Gasteiger partial charge < -0.3 is 9.88 Å². The van der Waals surface area contributed by atoms with Crippen molar-refractivity contribution in [3.63, 3.8) is 0 Å². The predicted molar refractivity (Wildman–Crippen MR) is 90.1 cm³/mol. The number of benzene rings is 2. The van der Waals surface area contributed by atoms with E-state index < -0.39 is 0 Å². The number of aromatic amines is 1. The summed E-state index contributed by atoms with van der Waals surface area (Å²) in [4.78, 5) is 22.2. The maximum Gasteiger partial charge on any atom is 0.223 e. The number of H-pyrrole nitrogens is 1. The van der Waals surface area contributed by atoms with Gasteiger partial charge in [0.05, 0.1) is 17.1 Å². The molecule has 0 saturated carbocycles. The number of fused-ring (bicyclic) bond motifs is 1. The number of carbonyl (C=O) groups is 1. The number of halogens is 1. The van der Waals surface area contributed by atoms with Crippen molar-refractivity contribution in [2.75, 3.05) is 0 Å². The van der Waals surface area contributed by atoms with Gasteiger partial charge in [-0.05, 0) is 36.2 Å². The van der Waals surface area contributed by atoms with Crippen LogP contribution in [0.4, 0.5) is 0 Å². The van der Waals surface area contributed by atoms with Gasteiger partial charge in [0.15, 0.2) is 0 Å². The van der Waals surface area contributed by atoms with E-state index in [-0.39, 0.29) is 11.9 Å². The molecule has 1 fully saturated rings. The minimum Gasteiger partial charge on any atom is -0.340 e. The molecule has 2 heterocycles. The van der Waals surface area contributed by atoms with Gasteiger partial charge in [0.1, 0.15) is 5.82 Å². The summed E-state index contributed by atoms with van der Waals surface area (Å²) in [6.07, 6.45) is 1.36. The molecule has 23 heavy (non-hydrogen) atoms. The quantitative estimate of drug-likeness (QED) is 0.788. The van der Waals surface area contributed by atoms with E-state index >= 15 is 0 Å². The van der Waals surface area contributed by atoms with Gasteiger partial charge >= 0.3 is 0 Å². The molecule has 0 bridgehead atoms. The Bertz CT molecular complexity index is 823. The van der Waals surface area contributed by atoms with Crippen molar-refractivity contribution in [2.24, 2.45) is 0 Å². The lowest BCUT2D eigenvalue weighted by Crippen LogP contribution is -2.27. The van der Waals surface area contributed by atoms with Crippen molar-refractivity contribution >= 4 is 28.5 Å². The van der Waals surface area contributed by atoms with Crippen molar-refractivity contribution < 1.29 is 4.79 Å². The van der Waals surface area contributed by atoms with Crippen molar-refractivity contribution in [2.45, 2.75) is 25.4 Å². The molecule has 116 valence electrons. The fourth-order valence-electron chi connectivity index (χ4n) is 3.13. The van der Waals surface area contributed by atoms with Crippen LogP contribution < -0.4 is 0 Å². The molecular weight excluding hydrogens is 310 g/mol. The lowest BCUT2D eigenvalue weighted by Gasteiger charge is -2.23. The highest BCUT2D eigenvalue weighted by Crippen LogP contribution is 2.33. The number of carbonyl (C=O) groups excluding carboxylic acids is 1. The number of likely N-dealkylation sites (tertiary alicyclic amines) is 1. The molecule has 1 N–H and O–H groups in total. The summed E-state index contributed by atoms with van der Waals surface area (Å²) < 4.78 is 0. The summed E-state index contributed by atoms with van der Waals surface area (Å²) in [6.45, 7) is 0.581. The topological polar surface area (TPSA) is 49.0 Å². The lowest BCUT2D eigenvalue weighted by molar-refractivity contribution is -0.129. The van der Waals surface area contributed by atoms with E-state index in [0.717, 1.165) is 28.8 Å². The molecule has 2 aromatic carbocycles. The third kappa shape index (κ3) is 2.70. The first-order chi connectivity index (χ1) is 11.2. The van der Waals surface area contributed by atoms with E-state index in [4.69, 9.17) is 11.6 Å². The maximum absolute atomic E-state index is 12.3. The van der Waals surface area contributed by atoms with Gasteiger partial charge in [0.2, 0.25) is 5.91 Å². The number of para-hydroxylation sites is 2. The summed E-state index contributed by atoms with van der Waals surface area (Å²) in [6, 6.07) is 15.6. The van der Waals surface area contributed by atoms with Gasteiger partial charge in [-0.15, -0.1) is 0 Å². The van der Waals surface area contributed by atoms with Gasteiger partial charge in [0, 0.05) is 18.0 Å². The van der Waals surface area contributed by atoms with Gasteiger partial charge in [-0.25, -0.2) is 4.98 Å². The number of nitrogens with one attached hydrogen (secondary N) is 1. The Hall–Kier alpha value is -2.33. The number of hydrogen-bond donors (Lipinski definition) is 1. The Kier molecular flexibility index (Phi) is 3.54. The van der Waals surface area contributed by atoms with Gasteiger partial charge in [-0.2, -0.15) is 0 Å². The third-order valence-electron chi connectivity index (χ3n) is 4.32. The zero-order chi connectivity index (χ0) is 15.8. The van der Waals surface area contributed by atoms with Gasteiger partial charge in [0.25, 0.3) is 0 Å². The van der Waals surface area contributed by atoms with Crippen LogP contribution in [0.25, 0.3) is 11.0 Å². The minimum atomic E-state index is 0.00516. The van der Waals surface area contributed by atoms with Gasteiger partial charge in [-0.1, -0.05) is 35.9 Å². The Morgan fingerprint density at radius 1 is 1.17 bits per heavy atom. The number of rotatable bonds is 3. The minimum absolute atomic E-state index is 0.00516. The lowest BCUT2D eigenvalue weighted by atomic mass is 10.1. The van der Waals surface area contributed by atoms with Crippen LogP contribution in [0, 0.1) is 0 Å². The molecule has 1 aromatic heterocycles. The second-order valence-corrected chi connectivity index (χ2v) is 6.28. The van der Waals surface area contributed by atoms with Crippen LogP contribution in [-0.4, -0.2) is 20.8 Å². The third-order valence-corrected chi connectivity index (χ3v) is 4.57. The summed E-state index contributed by atoms with van der Waals surface area (Å²) in [5, 5.41) is 0.704. The number of nitrogens with zero attached hydrogens (tertiary/aromatic N) is 2. The highest BCUT2D eigenvalue weighted by atomic mass is 35.5. The van der Waals surface area contributed by atoms with Crippen LogP contribution in [0.15, 0.2) is 48.5 Å². The smallest absolute Gasteiger partial charge is 0.223 e. The van der Waals surface area contributed by atoms with E-state index in [1.54, 1.807) is 0 Å². The molecule has 3 aromatic rings. The molecule has 5 heteroatoms. The van der Waals surface area contributed by atoms with Crippen LogP contribution >= 0.6 is 11.6 Å². The highest BCUT2D eigenvalue weighted by molar-refractivity contribution is 6.30. The first kappa shape index (κ1) is 14.3. The second kappa shape index (κ2) is 5.70. The Morgan fingerprint density at radius 2 is 1.96 bits per heavy atom. The fraction of sp³-hybridized carbons (Fsp3) is 0.222. The zero-order valence-electron chi connectivity index (χ0n) is 12.5. The molecule has 1 amide bonds. The average molecular weight is 326 g/mol. The molecule has 0 aliphatic carbocycles. The number of imidazole rings is 1. The predicted octanol–water partition coefficient (Wildman–Crippen LogP) is 4.08. The first-order valence-electron chi connectivity index (χ1n) is 7.69. The van der Waals surface area contributed by atoms with Crippen molar-refractivity contribution in [3.8, 4) is 0 Å². The summed E-state index contributed by atoms with van der Waals surface area (Å²) >= 11 is 5.93. The summed E-state index contributed by atoms with van der Waals surface area (Å²) in [7, 11) is 0. The van der Waals surface area contributed by atoms with Crippen LogP contribution in [0.1, 0.15) is 30.3 Å². The number of hydrogen-bond acceptors (Lipinski definition) is 2. The summed E-state index contributed by atoms with van der Waals surface area (Å²) in [5.74, 6) is 1.04. The molecule has 0 unspecified atom stereocenters. The molecule has 1 aliphatic rings. The Balaban J connectivity index is 1.64. The molecular formula is C18H16ClN3O. The SMILES string of the molecule is O=C1CC[C@@H](c2nc3ccccc3[nH]2)N1Cc1ccc(Cl)cc1. The van der Waals surface area contributed by atoms with Crippen LogP contribution in [0.3, 0.4) is 0 Å². The maximum atomic E-state index is 12.3. The van der Waals surface area contributed by atoms with Crippen LogP contribution in [0.2, 0.25) is 5.02 Å². The summed E-state index contributed by atoms with van der Waals surface area (Å²) in [5.41, 5.74) is 3.02. The molecule has 0 spiro atoms. The van der Waals surface area contributed by atoms with E-state index in [9.17, 15) is 4.79 Å². The zero-order valence-corrected chi connectivity index (χ0v) is 13.3. The Labute approximate surface area is 139 Å². The van der Waals surface area contributed by atoms with Crippen molar-refractivity contribution in [1.82, 2.24) is 14.9 Å². The fourth-order valence-corrected chi connectivity index (χ4v) is 3.26. The van der Waals surface area contributed by atoms with Crippen LogP contribution in [-0.2, 0) is 11.3 Å². The van der Waals surface area contributed by atoms with Gasteiger partial charge in [-0.3, -0.25) is 4.79 Å². The normalized spacial score (nSPS) is 18.0. The molecule has 0 radical (unpaired) electrons. The standard InChI is InChI=1S/C18H16ClN3O/c19-13-7-5-12(6-8-13)11-22-16(9-10-17(22)23)18-20-14-3-1-2-4-15(14)21-18/h1-8,16H,9-11H2,(H,20,21)/t16-/m0/s1. The highest BCUT2D eigenvalue weighted by Gasteiger charge is 2.34. The molecule has 1 atom stereocenters. The van der Waals surface area contributed by atoms with E-state index in [2.05, 4.69) is 9.97 Å². The van der Waals surface area contributed by atoms with Crippen molar-refractivity contribution in [1.29, 1.82) is 0 Å². The molecule has 4 nitrogen and oxygen atoms in total. The molecule has 1 aliphatic heterocycles. The monoisotopic (exact) mass is 325 g/mol. The molecule has 1 saturated heterocycles. The van der Waals surface area contributed by atoms with E-state index in [0.29, 0.717) is 18.0 Å². The average Bonchev–Trinajstić information content (AvgIpc) is 3.13.